The van der Waals surface area contributed by atoms with Crippen molar-refractivity contribution in [3.63, 3.8) is 0 Å². The summed E-state index contributed by atoms with van der Waals surface area (Å²) in [5.41, 5.74) is 3.06. The maximum Gasteiger partial charge on any atom is 0.237 e. The zero-order chi connectivity index (χ0) is 19.7. The van der Waals surface area contributed by atoms with E-state index in [9.17, 15) is 9.59 Å². The summed E-state index contributed by atoms with van der Waals surface area (Å²) in [4.78, 5) is 34.5. The van der Waals surface area contributed by atoms with Crippen LogP contribution >= 0.6 is 11.8 Å². The van der Waals surface area contributed by atoms with E-state index in [1.165, 1.54) is 11.8 Å². The number of aromatic nitrogens is 2. The molecule has 28 heavy (non-hydrogen) atoms. The van der Waals surface area contributed by atoms with Gasteiger partial charge in [0.05, 0.1) is 35.3 Å². The van der Waals surface area contributed by atoms with E-state index in [0.717, 1.165) is 22.5 Å². The van der Waals surface area contributed by atoms with Crippen LogP contribution in [0.5, 0.6) is 5.75 Å². The molecule has 1 aliphatic heterocycles. The zero-order valence-corrected chi connectivity index (χ0v) is 16.4. The van der Waals surface area contributed by atoms with Crippen molar-refractivity contribution in [1.29, 1.82) is 0 Å². The van der Waals surface area contributed by atoms with Crippen molar-refractivity contribution in [2.45, 2.75) is 24.5 Å². The highest BCUT2D eigenvalue weighted by molar-refractivity contribution is 7.99. The molecule has 0 fully saturated rings. The van der Waals surface area contributed by atoms with Crippen LogP contribution in [0.2, 0.25) is 0 Å². The van der Waals surface area contributed by atoms with Crippen LogP contribution in [0.4, 0.5) is 11.4 Å². The summed E-state index contributed by atoms with van der Waals surface area (Å²) in [6, 6.07) is 12.7. The van der Waals surface area contributed by atoms with Crippen LogP contribution in [0.3, 0.4) is 0 Å². The highest BCUT2D eigenvalue weighted by Crippen LogP contribution is 2.32. The van der Waals surface area contributed by atoms with Gasteiger partial charge >= 0.3 is 0 Å². The Morgan fingerprint density at radius 3 is 2.96 bits per heavy atom. The van der Waals surface area contributed by atoms with Gasteiger partial charge in [0.1, 0.15) is 5.75 Å². The van der Waals surface area contributed by atoms with Gasteiger partial charge in [0.2, 0.25) is 11.8 Å². The van der Waals surface area contributed by atoms with Crippen LogP contribution in [0, 0.1) is 0 Å². The summed E-state index contributed by atoms with van der Waals surface area (Å²) in [5, 5.41) is 3.54. The number of ether oxygens (including phenoxy) is 1. The Morgan fingerprint density at radius 1 is 1.32 bits per heavy atom. The van der Waals surface area contributed by atoms with E-state index in [0.29, 0.717) is 10.8 Å². The number of thioether (sulfide) groups is 1. The molecule has 4 rings (SSSR count). The lowest BCUT2D eigenvalue weighted by molar-refractivity contribution is -0.117. The molecule has 3 aromatic rings. The van der Waals surface area contributed by atoms with Gasteiger partial charge in [-0.3, -0.25) is 9.59 Å². The number of hydrogen-bond donors (Lipinski definition) is 2. The number of para-hydroxylation sites is 2. The molecular formula is C20H20N4O3S. The zero-order valence-electron chi connectivity index (χ0n) is 15.6. The van der Waals surface area contributed by atoms with Crippen LogP contribution in [0.25, 0.3) is 11.0 Å². The SMILES string of the molecule is COc1ccc2nc(SCC(=O)N3c4ccccc4NC(=O)C[C@H]3C)[nH]c2c1. The van der Waals surface area contributed by atoms with Crippen LogP contribution in [0.1, 0.15) is 13.3 Å². The van der Waals surface area contributed by atoms with Gasteiger partial charge in [0.25, 0.3) is 0 Å². The van der Waals surface area contributed by atoms with E-state index < -0.39 is 0 Å². The lowest BCUT2D eigenvalue weighted by Crippen LogP contribution is -2.40. The quantitative estimate of drug-likeness (QED) is 0.660. The first-order chi connectivity index (χ1) is 13.5. The number of benzene rings is 2. The van der Waals surface area contributed by atoms with Gasteiger partial charge < -0.3 is 19.9 Å². The second-order valence-corrected chi connectivity index (χ2v) is 7.56. The van der Waals surface area contributed by atoms with Gasteiger partial charge in [-0.05, 0) is 31.2 Å². The number of imidazole rings is 1. The highest BCUT2D eigenvalue weighted by atomic mass is 32.2. The van der Waals surface area contributed by atoms with Crippen molar-refractivity contribution in [2.24, 2.45) is 0 Å². The van der Waals surface area contributed by atoms with Gasteiger partial charge in [-0.2, -0.15) is 0 Å². The largest absolute Gasteiger partial charge is 0.497 e. The molecule has 0 saturated carbocycles. The monoisotopic (exact) mass is 396 g/mol. The first kappa shape index (κ1) is 18.4. The number of fused-ring (bicyclic) bond motifs is 2. The molecule has 2 heterocycles. The third kappa shape index (κ3) is 3.55. The Balaban J connectivity index is 1.54. The number of nitrogens with one attached hydrogen (secondary N) is 2. The van der Waals surface area contributed by atoms with Crippen molar-refractivity contribution >= 4 is 46.0 Å². The summed E-state index contributed by atoms with van der Waals surface area (Å²) in [6.07, 6.45) is 0.259. The number of carbonyl (C=O) groups is 2. The number of methoxy groups -OCH3 is 1. The molecule has 2 amide bonds. The Kier molecular flexibility index (Phi) is 4.95. The third-order valence-electron chi connectivity index (χ3n) is 4.63. The molecule has 1 atom stereocenters. The van der Waals surface area contributed by atoms with E-state index in [1.807, 2.05) is 49.4 Å². The molecule has 1 aromatic heterocycles. The molecule has 1 aliphatic rings. The van der Waals surface area contributed by atoms with E-state index in [1.54, 1.807) is 12.0 Å². The standard InChI is InChI=1S/C20H20N4O3S/c1-12-9-18(25)21-15-5-3-4-6-17(15)24(12)19(26)11-28-20-22-14-8-7-13(27-2)10-16(14)23-20/h3-8,10,12H,9,11H2,1-2H3,(H,21,25)(H,22,23)/t12-/m1/s1. The average Bonchev–Trinajstić information content (AvgIpc) is 3.03. The minimum absolute atomic E-state index is 0.0699. The molecule has 0 spiro atoms. The van der Waals surface area contributed by atoms with Crippen LogP contribution in [-0.2, 0) is 9.59 Å². The highest BCUT2D eigenvalue weighted by Gasteiger charge is 2.29. The molecule has 0 bridgehead atoms. The molecule has 0 aliphatic carbocycles. The molecule has 2 N–H and O–H groups in total. The predicted molar refractivity (Wildman–Crippen MR) is 110 cm³/mol. The topological polar surface area (TPSA) is 87.3 Å². The van der Waals surface area contributed by atoms with E-state index in [-0.39, 0.29) is 30.0 Å². The van der Waals surface area contributed by atoms with E-state index in [4.69, 9.17) is 4.74 Å². The fraction of sp³-hybridized carbons (Fsp3) is 0.250. The molecular weight excluding hydrogens is 376 g/mol. The maximum absolute atomic E-state index is 13.0. The second kappa shape index (κ2) is 7.55. The fourth-order valence-electron chi connectivity index (χ4n) is 3.33. The summed E-state index contributed by atoms with van der Waals surface area (Å²) >= 11 is 1.34. The molecule has 2 aromatic carbocycles. The van der Waals surface area contributed by atoms with Gasteiger partial charge in [-0.15, -0.1) is 0 Å². The lowest BCUT2D eigenvalue weighted by Gasteiger charge is -2.27. The lowest BCUT2D eigenvalue weighted by atomic mass is 10.2. The van der Waals surface area contributed by atoms with Gasteiger partial charge in [-0.25, -0.2) is 4.98 Å². The Labute approximate surface area is 166 Å². The second-order valence-electron chi connectivity index (χ2n) is 6.60. The number of nitrogens with zero attached hydrogens (tertiary/aromatic N) is 2. The summed E-state index contributed by atoms with van der Waals surface area (Å²) in [7, 11) is 1.62. The molecule has 0 radical (unpaired) electrons. The van der Waals surface area contributed by atoms with Gasteiger partial charge in [0, 0.05) is 18.5 Å². The maximum atomic E-state index is 13.0. The number of H-pyrrole nitrogens is 1. The Bertz CT molecular complexity index is 1050. The summed E-state index contributed by atoms with van der Waals surface area (Å²) in [6.45, 7) is 1.89. The van der Waals surface area contributed by atoms with E-state index in [2.05, 4.69) is 15.3 Å². The predicted octanol–water partition coefficient (Wildman–Crippen LogP) is 3.43. The van der Waals surface area contributed by atoms with Crippen molar-refractivity contribution in [3.8, 4) is 5.75 Å². The first-order valence-corrected chi connectivity index (χ1v) is 9.91. The van der Waals surface area contributed by atoms with Crippen LogP contribution in [-0.4, -0.2) is 40.7 Å². The molecule has 8 heteroatoms. The van der Waals surface area contributed by atoms with Gasteiger partial charge in [0.15, 0.2) is 5.16 Å². The normalized spacial score (nSPS) is 16.4. The summed E-state index contributed by atoms with van der Waals surface area (Å²) in [5.74, 6) is 0.800. The van der Waals surface area contributed by atoms with Crippen molar-refractivity contribution in [1.82, 2.24) is 9.97 Å². The minimum atomic E-state index is -0.225. The molecule has 0 saturated heterocycles. The smallest absolute Gasteiger partial charge is 0.237 e. The van der Waals surface area contributed by atoms with Crippen molar-refractivity contribution in [2.75, 3.05) is 23.1 Å². The van der Waals surface area contributed by atoms with Crippen molar-refractivity contribution < 1.29 is 14.3 Å². The molecule has 7 nitrogen and oxygen atoms in total. The Hall–Kier alpha value is -3.00. The number of hydrogen-bond acceptors (Lipinski definition) is 5. The number of anilines is 2. The average molecular weight is 396 g/mol. The number of carbonyl (C=O) groups excluding carboxylic acids is 2. The molecule has 144 valence electrons. The van der Waals surface area contributed by atoms with Gasteiger partial charge in [-0.1, -0.05) is 23.9 Å². The fourth-order valence-corrected chi connectivity index (χ4v) is 4.07. The van der Waals surface area contributed by atoms with Crippen LogP contribution in [0.15, 0.2) is 47.6 Å². The van der Waals surface area contributed by atoms with E-state index >= 15 is 0 Å². The molecule has 0 unspecified atom stereocenters. The first-order valence-electron chi connectivity index (χ1n) is 8.92. The minimum Gasteiger partial charge on any atom is -0.497 e. The summed E-state index contributed by atoms with van der Waals surface area (Å²) < 4.78 is 5.23. The number of aromatic amines is 1. The third-order valence-corrected chi connectivity index (χ3v) is 5.49. The number of amides is 2. The number of rotatable bonds is 4. The van der Waals surface area contributed by atoms with Crippen molar-refractivity contribution in [3.05, 3.63) is 42.5 Å². The van der Waals surface area contributed by atoms with Crippen LogP contribution < -0.4 is 15.0 Å². The Morgan fingerprint density at radius 2 is 2.14 bits per heavy atom.